The van der Waals surface area contributed by atoms with Gasteiger partial charge >= 0.3 is 0 Å². The minimum atomic E-state index is -0.312. The van der Waals surface area contributed by atoms with E-state index in [1.165, 1.54) is 6.33 Å². The number of aromatic amines is 1. The number of amides is 1. The molecule has 8 heteroatoms. The molecule has 0 aliphatic rings. The zero-order valence-electron chi connectivity index (χ0n) is 15.6. The molecule has 2 heterocycles. The fourth-order valence-corrected chi connectivity index (χ4v) is 3.23. The predicted octanol–water partition coefficient (Wildman–Crippen LogP) is 2.77. The molecule has 0 aliphatic heterocycles. The van der Waals surface area contributed by atoms with Crippen LogP contribution in [0.3, 0.4) is 0 Å². The number of pyridine rings is 1. The number of halogens is 1. The zero-order valence-corrected chi connectivity index (χ0v) is 16.3. The summed E-state index contributed by atoms with van der Waals surface area (Å²) in [4.78, 5) is 31.8. The standard InChI is InChI=1S/C19H20ClN5O2/c1-10-5-11(2)24-19(27)16(10)8-21-18(26)15-6-14(20)7-17(12(15)3)25-13(4)22-9-23-25/h5-7,9H,8H2,1-4H3,(H,21,26)(H,24,27). The summed E-state index contributed by atoms with van der Waals surface area (Å²) in [5.74, 6) is 0.377. The number of carbonyl (C=O) groups is 1. The lowest BCUT2D eigenvalue weighted by Crippen LogP contribution is -2.28. The number of hydrogen-bond donors (Lipinski definition) is 2. The lowest BCUT2D eigenvalue weighted by molar-refractivity contribution is 0.0950. The number of hydrogen-bond acceptors (Lipinski definition) is 4. The maximum atomic E-state index is 12.8. The van der Waals surface area contributed by atoms with E-state index in [1.807, 2.05) is 33.8 Å². The van der Waals surface area contributed by atoms with Crippen LogP contribution in [0.5, 0.6) is 0 Å². The van der Waals surface area contributed by atoms with Crippen molar-refractivity contribution in [2.45, 2.75) is 34.2 Å². The van der Waals surface area contributed by atoms with Gasteiger partial charge in [-0.1, -0.05) is 11.6 Å². The average Bonchev–Trinajstić information content (AvgIpc) is 3.01. The second-order valence-corrected chi connectivity index (χ2v) is 6.88. The summed E-state index contributed by atoms with van der Waals surface area (Å²) < 4.78 is 1.63. The maximum absolute atomic E-state index is 12.8. The number of aromatic nitrogens is 4. The van der Waals surface area contributed by atoms with Crippen LogP contribution in [0.1, 0.15) is 38.6 Å². The summed E-state index contributed by atoms with van der Waals surface area (Å²) in [5.41, 5.74) is 3.78. The third kappa shape index (κ3) is 3.78. The first-order chi connectivity index (χ1) is 12.8. The zero-order chi connectivity index (χ0) is 19.7. The van der Waals surface area contributed by atoms with Gasteiger partial charge in [0.25, 0.3) is 11.5 Å². The molecule has 0 atom stereocenters. The van der Waals surface area contributed by atoms with Gasteiger partial charge in [-0.2, -0.15) is 5.10 Å². The SMILES string of the molecule is Cc1cc(C)c(CNC(=O)c2cc(Cl)cc(-n3ncnc3C)c2C)c(=O)[nH]1. The van der Waals surface area contributed by atoms with E-state index < -0.39 is 0 Å². The van der Waals surface area contributed by atoms with Gasteiger partial charge in [0, 0.05) is 28.4 Å². The van der Waals surface area contributed by atoms with Gasteiger partial charge in [-0.25, -0.2) is 9.67 Å². The van der Waals surface area contributed by atoms with Crippen molar-refractivity contribution in [2.75, 3.05) is 0 Å². The fourth-order valence-electron chi connectivity index (χ4n) is 3.02. The highest BCUT2D eigenvalue weighted by Gasteiger charge is 2.17. The molecule has 1 aromatic carbocycles. The second-order valence-electron chi connectivity index (χ2n) is 6.44. The van der Waals surface area contributed by atoms with Crippen LogP contribution in [0.15, 0.2) is 29.3 Å². The van der Waals surface area contributed by atoms with Crippen molar-refractivity contribution in [3.8, 4) is 5.69 Å². The first kappa shape index (κ1) is 18.8. The number of carbonyl (C=O) groups excluding carboxylic acids is 1. The monoisotopic (exact) mass is 385 g/mol. The Kier molecular flexibility index (Phi) is 5.14. The molecular weight excluding hydrogens is 366 g/mol. The van der Waals surface area contributed by atoms with Crippen LogP contribution in [0.2, 0.25) is 5.02 Å². The van der Waals surface area contributed by atoms with Gasteiger partial charge in [0.1, 0.15) is 12.2 Å². The van der Waals surface area contributed by atoms with Gasteiger partial charge < -0.3 is 10.3 Å². The number of nitrogens with zero attached hydrogens (tertiary/aromatic N) is 3. The third-order valence-electron chi connectivity index (χ3n) is 4.46. The first-order valence-electron chi connectivity index (χ1n) is 8.42. The van der Waals surface area contributed by atoms with Crippen LogP contribution in [0.25, 0.3) is 5.69 Å². The van der Waals surface area contributed by atoms with E-state index in [9.17, 15) is 9.59 Å². The summed E-state index contributed by atoms with van der Waals surface area (Å²) in [6.07, 6.45) is 1.45. The van der Waals surface area contributed by atoms with E-state index in [0.717, 1.165) is 16.8 Å². The van der Waals surface area contributed by atoms with Crippen LogP contribution >= 0.6 is 11.6 Å². The van der Waals surface area contributed by atoms with Gasteiger partial charge in [-0.3, -0.25) is 9.59 Å². The van der Waals surface area contributed by atoms with E-state index in [1.54, 1.807) is 16.8 Å². The molecule has 0 spiro atoms. The van der Waals surface area contributed by atoms with E-state index in [4.69, 9.17) is 11.6 Å². The fraction of sp³-hybridized carbons (Fsp3) is 0.263. The molecule has 140 valence electrons. The van der Waals surface area contributed by atoms with Crippen molar-refractivity contribution in [2.24, 2.45) is 0 Å². The normalized spacial score (nSPS) is 10.9. The van der Waals surface area contributed by atoms with Gasteiger partial charge in [0.05, 0.1) is 5.69 Å². The molecule has 0 radical (unpaired) electrons. The molecule has 7 nitrogen and oxygen atoms in total. The van der Waals surface area contributed by atoms with Crippen molar-refractivity contribution in [1.82, 2.24) is 25.1 Å². The van der Waals surface area contributed by atoms with Crippen LogP contribution < -0.4 is 10.9 Å². The molecule has 0 bridgehead atoms. The highest BCUT2D eigenvalue weighted by Crippen LogP contribution is 2.24. The molecule has 0 unspecified atom stereocenters. The smallest absolute Gasteiger partial charge is 0.253 e. The molecule has 2 aromatic heterocycles. The summed E-state index contributed by atoms with van der Waals surface area (Å²) in [7, 11) is 0. The van der Waals surface area contributed by atoms with E-state index >= 15 is 0 Å². The maximum Gasteiger partial charge on any atom is 0.253 e. The molecule has 0 aliphatic carbocycles. The predicted molar refractivity (Wildman–Crippen MR) is 104 cm³/mol. The number of H-pyrrole nitrogens is 1. The second kappa shape index (κ2) is 7.36. The largest absolute Gasteiger partial charge is 0.348 e. The van der Waals surface area contributed by atoms with Crippen molar-refractivity contribution >= 4 is 17.5 Å². The summed E-state index contributed by atoms with van der Waals surface area (Å²) in [6, 6.07) is 5.22. The van der Waals surface area contributed by atoms with Crippen LogP contribution in [-0.4, -0.2) is 25.7 Å². The van der Waals surface area contributed by atoms with Crippen LogP contribution in [0.4, 0.5) is 0 Å². The molecular formula is C19H20ClN5O2. The van der Waals surface area contributed by atoms with Gasteiger partial charge in [-0.15, -0.1) is 0 Å². The lowest BCUT2D eigenvalue weighted by atomic mass is 10.1. The topological polar surface area (TPSA) is 92.7 Å². The Balaban J connectivity index is 1.91. The van der Waals surface area contributed by atoms with Crippen molar-refractivity contribution in [3.05, 3.63) is 73.7 Å². The Hall–Kier alpha value is -2.93. The molecule has 0 saturated heterocycles. The number of nitrogens with one attached hydrogen (secondary N) is 2. The Bertz CT molecular complexity index is 1080. The molecule has 0 saturated carbocycles. The summed E-state index contributed by atoms with van der Waals surface area (Å²) in [5, 5.41) is 7.41. The average molecular weight is 386 g/mol. The summed E-state index contributed by atoms with van der Waals surface area (Å²) >= 11 is 6.22. The number of aryl methyl sites for hydroxylation is 3. The van der Waals surface area contributed by atoms with E-state index in [-0.39, 0.29) is 18.0 Å². The van der Waals surface area contributed by atoms with E-state index in [2.05, 4.69) is 20.4 Å². The summed E-state index contributed by atoms with van der Waals surface area (Å²) in [6.45, 7) is 7.44. The Morgan fingerprint density at radius 2 is 1.96 bits per heavy atom. The Labute approximate surface area is 161 Å². The highest BCUT2D eigenvalue weighted by molar-refractivity contribution is 6.31. The van der Waals surface area contributed by atoms with Crippen molar-refractivity contribution in [1.29, 1.82) is 0 Å². The van der Waals surface area contributed by atoms with Crippen molar-refractivity contribution in [3.63, 3.8) is 0 Å². The molecule has 1 amide bonds. The van der Waals surface area contributed by atoms with Gasteiger partial charge in [0.15, 0.2) is 0 Å². The third-order valence-corrected chi connectivity index (χ3v) is 4.67. The van der Waals surface area contributed by atoms with Gasteiger partial charge in [-0.05, 0) is 57.0 Å². The highest BCUT2D eigenvalue weighted by atomic mass is 35.5. The minimum absolute atomic E-state index is 0.129. The van der Waals surface area contributed by atoms with Crippen LogP contribution in [0, 0.1) is 27.7 Å². The lowest BCUT2D eigenvalue weighted by Gasteiger charge is -2.14. The molecule has 27 heavy (non-hydrogen) atoms. The Morgan fingerprint density at radius 3 is 2.59 bits per heavy atom. The molecule has 3 rings (SSSR count). The number of benzene rings is 1. The van der Waals surface area contributed by atoms with Crippen LogP contribution in [-0.2, 0) is 6.54 Å². The van der Waals surface area contributed by atoms with E-state index in [0.29, 0.717) is 27.7 Å². The Morgan fingerprint density at radius 1 is 1.22 bits per heavy atom. The minimum Gasteiger partial charge on any atom is -0.348 e. The molecule has 3 aromatic rings. The first-order valence-corrected chi connectivity index (χ1v) is 8.80. The number of rotatable bonds is 4. The molecule has 2 N–H and O–H groups in total. The van der Waals surface area contributed by atoms with Crippen molar-refractivity contribution < 1.29 is 4.79 Å². The van der Waals surface area contributed by atoms with Gasteiger partial charge in [0.2, 0.25) is 0 Å². The molecule has 0 fully saturated rings. The quantitative estimate of drug-likeness (QED) is 0.722.